The van der Waals surface area contributed by atoms with E-state index in [0.717, 1.165) is 13.2 Å². The normalized spacial score (nSPS) is 11.8. The van der Waals surface area contributed by atoms with Crippen molar-refractivity contribution < 1.29 is 31.4 Å². The van der Waals surface area contributed by atoms with Crippen LogP contribution in [0.2, 0.25) is 0 Å². The van der Waals surface area contributed by atoms with Crippen LogP contribution >= 0.6 is 15.9 Å². The van der Waals surface area contributed by atoms with Crippen molar-refractivity contribution >= 4 is 15.9 Å². The molecule has 0 aliphatic rings. The van der Waals surface area contributed by atoms with Gasteiger partial charge in [-0.05, 0) is 6.07 Å². The monoisotopic (exact) mass is 335 g/mol. The lowest BCUT2D eigenvalue weighted by Crippen LogP contribution is -2.19. The molecule has 1 aromatic rings. The van der Waals surface area contributed by atoms with Crippen molar-refractivity contribution in [2.24, 2.45) is 0 Å². The Hall–Kier alpha value is -1.12. The van der Waals surface area contributed by atoms with Crippen LogP contribution in [0.15, 0.2) is 6.07 Å². The summed E-state index contributed by atoms with van der Waals surface area (Å²) in [6.45, 7) is 0. The van der Waals surface area contributed by atoms with Crippen LogP contribution in [0.3, 0.4) is 0 Å². The van der Waals surface area contributed by atoms with Crippen LogP contribution in [0.5, 0.6) is 11.8 Å². The molecule has 0 saturated heterocycles. The number of nitrogens with zero attached hydrogens (tertiary/aromatic N) is 1. The van der Waals surface area contributed by atoms with Gasteiger partial charge in [0.2, 0.25) is 11.8 Å². The number of rotatable bonds is 4. The van der Waals surface area contributed by atoms with E-state index in [9.17, 15) is 22.0 Å². The molecule has 0 saturated carbocycles. The lowest BCUT2D eigenvalue weighted by atomic mass is 10.2. The SMILES string of the molecule is COc1nc(OC(F)(F)F)c(C(F)F)cc1CBr. The Balaban J connectivity index is 3.29. The van der Waals surface area contributed by atoms with E-state index in [-0.39, 0.29) is 16.8 Å². The van der Waals surface area contributed by atoms with Crippen molar-refractivity contribution in [2.45, 2.75) is 18.1 Å². The Bertz CT molecular complexity index is 424. The van der Waals surface area contributed by atoms with E-state index >= 15 is 0 Å². The average molecular weight is 336 g/mol. The maximum Gasteiger partial charge on any atom is 0.574 e. The van der Waals surface area contributed by atoms with E-state index in [1.807, 2.05) is 0 Å². The lowest BCUT2D eigenvalue weighted by Gasteiger charge is -2.14. The van der Waals surface area contributed by atoms with E-state index < -0.39 is 24.2 Å². The molecule has 0 bridgehead atoms. The first-order valence-corrected chi connectivity index (χ1v) is 5.58. The summed E-state index contributed by atoms with van der Waals surface area (Å²) in [7, 11) is 1.16. The molecule has 0 spiro atoms. The first kappa shape index (κ1) is 14.9. The van der Waals surface area contributed by atoms with Gasteiger partial charge in [-0.2, -0.15) is 4.98 Å². The fraction of sp³-hybridized carbons (Fsp3) is 0.444. The van der Waals surface area contributed by atoms with Crippen molar-refractivity contribution in [3.8, 4) is 11.8 Å². The number of methoxy groups -OCH3 is 1. The zero-order chi connectivity index (χ0) is 13.9. The molecular weight excluding hydrogens is 329 g/mol. The van der Waals surface area contributed by atoms with Gasteiger partial charge in [-0.3, -0.25) is 0 Å². The molecule has 0 fully saturated rings. The topological polar surface area (TPSA) is 31.4 Å². The molecule has 0 aliphatic heterocycles. The van der Waals surface area contributed by atoms with Crippen molar-refractivity contribution in [3.05, 3.63) is 17.2 Å². The molecule has 102 valence electrons. The molecule has 0 amide bonds. The predicted octanol–water partition coefficient (Wildman–Crippen LogP) is 3.82. The van der Waals surface area contributed by atoms with E-state index in [1.165, 1.54) is 0 Å². The van der Waals surface area contributed by atoms with Crippen molar-refractivity contribution in [1.82, 2.24) is 4.98 Å². The largest absolute Gasteiger partial charge is 0.574 e. The summed E-state index contributed by atoms with van der Waals surface area (Å²) < 4.78 is 69.5. The highest BCUT2D eigenvalue weighted by molar-refractivity contribution is 9.08. The van der Waals surface area contributed by atoms with Crippen LogP contribution in [0.1, 0.15) is 17.6 Å². The summed E-state index contributed by atoms with van der Waals surface area (Å²) in [5.74, 6) is -1.42. The van der Waals surface area contributed by atoms with Crippen molar-refractivity contribution in [3.63, 3.8) is 0 Å². The van der Waals surface area contributed by atoms with Crippen LogP contribution in [0.4, 0.5) is 22.0 Å². The van der Waals surface area contributed by atoms with Crippen LogP contribution in [-0.4, -0.2) is 18.5 Å². The first-order chi connectivity index (χ1) is 8.28. The predicted molar refractivity (Wildman–Crippen MR) is 55.1 cm³/mol. The number of hydrogen-bond donors (Lipinski definition) is 0. The highest BCUT2D eigenvalue weighted by Crippen LogP contribution is 2.35. The molecule has 0 unspecified atom stereocenters. The van der Waals surface area contributed by atoms with E-state index in [2.05, 4.69) is 25.7 Å². The van der Waals surface area contributed by atoms with Gasteiger partial charge in [0.05, 0.1) is 12.7 Å². The second-order valence-electron chi connectivity index (χ2n) is 3.03. The Morgan fingerprint density at radius 3 is 2.33 bits per heavy atom. The first-order valence-electron chi connectivity index (χ1n) is 4.46. The van der Waals surface area contributed by atoms with Crippen LogP contribution in [-0.2, 0) is 5.33 Å². The quantitative estimate of drug-likeness (QED) is 0.619. The molecule has 1 rings (SSSR count). The number of aromatic nitrogens is 1. The van der Waals surface area contributed by atoms with Crippen LogP contribution < -0.4 is 9.47 Å². The second kappa shape index (κ2) is 5.68. The maximum atomic E-state index is 12.6. The molecule has 0 aliphatic carbocycles. The number of halogens is 6. The van der Waals surface area contributed by atoms with Gasteiger partial charge >= 0.3 is 6.36 Å². The molecular formula is C9H7BrF5NO2. The summed E-state index contributed by atoms with van der Waals surface area (Å²) in [6.07, 6.45) is -8.24. The van der Waals surface area contributed by atoms with Gasteiger partial charge in [0.15, 0.2) is 0 Å². The smallest absolute Gasteiger partial charge is 0.481 e. The molecule has 9 heteroatoms. The fourth-order valence-electron chi connectivity index (χ4n) is 1.16. The Morgan fingerprint density at radius 1 is 1.33 bits per heavy atom. The van der Waals surface area contributed by atoms with Gasteiger partial charge in [0, 0.05) is 10.9 Å². The molecule has 3 nitrogen and oxygen atoms in total. The Kier molecular flexibility index (Phi) is 4.71. The van der Waals surface area contributed by atoms with Gasteiger partial charge in [0.1, 0.15) is 0 Å². The highest BCUT2D eigenvalue weighted by Gasteiger charge is 2.34. The van der Waals surface area contributed by atoms with Crippen molar-refractivity contribution in [1.29, 1.82) is 0 Å². The fourth-order valence-corrected chi connectivity index (χ4v) is 1.56. The van der Waals surface area contributed by atoms with Crippen LogP contribution in [0, 0.1) is 0 Å². The van der Waals surface area contributed by atoms with Gasteiger partial charge in [-0.15, -0.1) is 13.2 Å². The van der Waals surface area contributed by atoms with E-state index in [4.69, 9.17) is 4.74 Å². The summed E-state index contributed by atoms with van der Waals surface area (Å²) >= 11 is 2.99. The Morgan fingerprint density at radius 2 is 1.94 bits per heavy atom. The number of pyridine rings is 1. The molecule has 18 heavy (non-hydrogen) atoms. The summed E-state index contributed by atoms with van der Waals surface area (Å²) in [5, 5.41) is 0.106. The van der Waals surface area contributed by atoms with E-state index in [0.29, 0.717) is 0 Å². The Labute approximate surface area is 107 Å². The summed E-state index contributed by atoms with van der Waals surface area (Å²) in [6, 6.07) is 0.853. The minimum absolute atomic E-state index is 0.106. The number of ether oxygens (including phenoxy) is 2. The van der Waals surface area contributed by atoms with E-state index in [1.54, 1.807) is 0 Å². The minimum atomic E-state index is -5.10. The highest BCUT2D eigenvalue weighted by atomic mass is 79.9. The van der Waals surface area contributed by atoms with Crippen molar-refractivity contribution in [2.75, 3.05) is 7.11 Å². The second-order valence-corrected chi connectivity index (χ2v) is 3.59. The number of hydrogen-bond acceptors (Lipinski definition) is 3. The lowest BCUT2D eigenvalue weighted by molar-refractivity contribution is -0.276. The van der Waals surface area contributed by atoms with Gasteiger partial charge in [-0.1, -0.05) is 15.9 Å². The number of alkyl halides is 6. The molecule has 0 aromatic carbocycles. The average Bonchev–Trinajstić information content (AvgIpc) is 2.25. The third-order valence-electron chi connectivity index (χ3n) is 1.84. The van der Waals surface area contributed by atoms with Gasteiger partial charge in [0.25, 0.3) is 6.43 Å². The summed E-state index contributed by atoms with van der Waals surface area (Å²) in [4.78, 5) is 3.29. The molecule has 0 atom stereocenters. The van der Waals surface area contributed by atoms with Gasteiger partial charge in [-0.25, -0.2) is 8.78 Å². The third kappa shape index (κ3) is 3.69. The third-order valence-corrected chi connectivity index (χ3v) is 2.44. The molecule has 1 aromatic heterocycles. The molecule has 0 radical (unpaired) electrons. The standard InChI is InChI=1S/C9H7BrF5NO2/c1-17-7-4(3-10)2-5(6(11)12)8(16-7)18-9(13,14)15/h2,6H,3H2,1H3. The minimum Gasteiger partial charge on any atom is -0.481 e. The molecule has 0 N–H and O–H groups in total. The maximum absolute atomic E-state index is 12.6. The summed E-state index contributed by atoms with van der Waals surface area (Å²) in [5.41, 5.74) is -0.745. The molecule has 1 heterocycles. The zero-order valence-electron chi connectivity index (χ0n) is 8.89. The van der Waals surface area contributed by atoms with Gasteiger partial charge < -0.3 is 9.47 Å². The zero-order valence-corrected chi connectivity index (χ0v) is 10.5. The van der Waals surface area contributed by atoms with Crippen LogP contribution in [0.25, 0.3) is 0 Å².